The Balaban J connectivity index is 1.88. The zero-order chi connectivity index (χ0) is 13.8. The Hall–Kier alpha value is -1.89. The standard InChI is InChI=1S/C12H17N5OS/c1-8(2)17-7-14-16-10(17)6-13-12(18)15-11-5-4-9(3)19-11/h4-5,7-8H,6H2,1-3H3,(H2,13,15,18). The summed E-state index contributed by atoms with van der Waals surface area (Å²) >= 11 is 1.54. The summed E-state index contributed by atoms with van der Waals surface area (Å²) in [6.07, 6.45) is 1.67. The van der Waals surface area contributed by atoms with Crippen molar-refractivity contribution in [3.63, 3.8) is 0 Å². The number of carbonyl (C=O) groups is 1. The van der Waals surface area contributed by atoms with Gasteiger partial charge >= 0.3 is 6.03 Å². The van der Waals surface area contributed by atoms with Crippen LogP contribution >= 0.6 is 11.3 Å². The van der Waals surface area contributed by atoms with E-state index in [2.05, 4.69) is 20.8 Å². The minimum absolute atomic E-state index is 0.236. The number of amides is 2. The summed E-state index contributed by atoms with van der Waals surface area (Å²) < 4.78 is 1.93. The van der Waals surface area contributed by atoms with Gasteiger partial charge in [0.2, 0.25) is 0 Å². The number of aromatic nitrogens is 3. The molecule has 0 atom stereocenters. The normalized spacial score (nSPS) is 10.7. The summed E-state index contributed by atoms with van der Waals surface area (Å²) in [6, 6.07) is 3.89. The minimum atomic E-state index is -0.236. The molecule has 0 aliphatic heterocycles. The zero-order valence-corrected chi connectivity index (χ0v) is 12.0. The second kappa shape index (κ2) is 5.83. The Morgan fingerprint density at radius 3 is 2.89 bits per heavy atom. The molecule has 0 fully saturated rings. The SMILES string of the molecule is Cc1ccc(NC(=O)NCc2nncn2C(C)C)s1. The van der Waals surface area contributed by atoms with E-state index in [0.717, 1.165) is 15.7 Å². The largest absolute Gasteiger partial charge is 0.331 e. The predicted molar refractivity (Wildman–Crippen MR) is 75.3 cm³/mol. The lowest BCUT2D eigenvalue weighted by molar-refractivity contribution is 0.251. The van der Waals surface area contributed by atoms with Crippen LogP contribution in [-0.4, -0.2) is 20.8 Å². The number of carbonyl (C=O) groups excluding carboxylic acids is 1. The highest BCUT2D eigenvalue weighted by Gasteiger charge is 2.09. The average Bonchev–Trinajstić information content (AvgIpc) is 2.95. The Morgan fingerprint density at radius 1 is 1.47 bits per heavy atom. The molecular weight excluding hydrogens is 262 g/mol. The van der Waals surface area contributed by atoms with Crippen LogP contribution in [0.5, 0.6) is 0 Å². The van der Waals surface area contributed by atoms with Crippen molar-refractivity contribution in [3.05, 3.63) is 29.2 Å². The zero-order valence-electron chi connectivity index (χ0n) is 11.2. The maximum atomic E-state index is 11.7. The van der Waals surface area contributed by atoms with Crippen LogP contribution in [-0.2, 0) is 6.54 Å². The molecule has 0 aromatic carbocycles. The van der Waals surface area contributed by atoms with Gasteiger partial charge in [-0.25, -0.2) is 4.79 Å². The number of anilines is 1. The van der Waals surface area contributed by atoms with E-state index in [9.17, 15) is 4.79 Å². The summed E-state index contributed by atoms with van der Waals surface area (Å²) in [7, 11) is 0. The van der Waals surface area contributed by atoms with Crippen molar-refractivity contribution in [3.8, 4) is 0 Å². The quantitative estimate of drug-likeness (QED) is 0.903. The van der Waals surface area contributed by atoms with Crippen LogP contribution in [0.3, 0.4) is 0 Å². The molecule has 2 amide bonds. The van der Waals surface area contributed by atoms with Gasteiger partial charge in [0, 0.05) is 10.9 Å². The minimum Gasteiger partial charge on any atom is -0.331 e. The van der Waals surface area contributed by atoms with Crippen LogP contribution < -0.4 is 10.6 Å². The smallest absolute Gasteiger partial charge is 0.320 e. The van der Waals surface area contributed by atoms with Crippen LogP contribution in [0, 0.1) is 6.92 Å². The molecule has 2 heterocycles. The van der Waals surface area contributed by atoms with Gasteiger partial charge in [0.15, 0.2) is 5.82 Å². The van der Waals surface area contributed by atoms with Gasteiger partial charge in [-0.3, -0.25) is 5.32 Å². The van der Waals surface area contributed by atoms with Gasteiger partial charge in [-0.1, -0.05) is 0 Å². The third-order valence-electron chi connectivity index (χ3n) is 2.59. The van der Waals surface area contributed by atoms with Crippen LogP contribution in [0.2, 0.25) is 0 Å². The molecule has 19 heavy (non-hydrogen) atoms. The number of aryl methyl sites for hydroxylation is 1. The number of urea groups is 1. The first-order valence-electron chi connectivity index (χ1n) is 6.06. The lowest BCUT2D eigenvalue weighted by Gasteiger charge is -2.10. The van der Waals surface area contributed by atoms with Crippen molar-refractivity contribution in [2.75, 3.05) is 5.32 Å². The number of hydrogen-bond acceptors (Lipinski definition) is 4. The van der Waals surface area contributed by atoms with Crippen LogP contribution in [0.15, 0.2) is 18.5 Å². The fourth-order valence-corrected chi connectivity index (χ4v) is 2.40. The summed E-state index contributed by atoms with van der Waals surface area (Å²) in [6.45, 7) is 6.44. The third-order valence-corrected chi connectivity index (χ3v) is 3.50. The van der Waals surface area contributed by atoms with Gasteiger partial charge in [-0.05, 0) is 32.9 Å². The monoisotopic (exact) mass is 279 g/mol. The lowest BCUT2D eigenvalue weighted by Crippen LogP contribution is -2.29. The second-order valence-corrected chi connectivity index (χ2v) is 5.75. The molecule has 0 aliphatic rings. The summed E-state index contributed by atoms with van der Waals surface area (Å²) in [4.78, 5) is 12.9. The van der Waals surface area contributed by atoms with Crippen molar-refractivity contribution in [2.45, 2.75) is 33.4 Å². The number of thiophene rings is 1. The molecule has 0 radical (unpaired) electrons. The Labute approximate surface area is 115 Å². The molecule has 0 bridgehead atoms. The van der Waals surface area contributed by atoms with Gasteiger partial charge in [-0.2, -0.15) is 0 Å². The van der Waals surface area contributed by atoms with Gasteiger partial charge < -0.3 is 9.88 Å². The first kappa shape index (κ1) is 13.5. The maximum absolute atomic E-state index is 11.7. The maximum Gasteiger partial charge on any atom is 0.320 e. The highest BCUT2D eigenvalue weighted by Crippen LogP contribution is 2.20. The van der Waals surface area contributed by atoms with E-state index in [4.69, 9.17) is 0 Å². The topological polar surface area (TPSA) is 71.8 Å². The first-order valence-corrected chi connectivity index (χ1v) is 6.87. The molecule has 2 aromatic heterocycles. The summed E-state index contributed by atoms with van der Waals surface area (Å²) in [5.74, 6) is 0.743. The van der Waals surface area contributed by atoms with Crippen LogP contribution in [0.4, 0.5) is 9.80 Å². The Morgan fingerprint density at radius 2 is 2.26 bits per heavy atom. The highest BCUT2D eigenvalue weighted by molar-refractivity contribution is 7.16. The van der Waals surface area contributed by atoms with Crippen molar-refractivity contribution >= 4 is 22.4 Å². The molecule has 7 heteroatoms. The second-order valence-electron chi connectivity index (χ2n) is 4.47. The lowest BCUT2D eigenvalue weighted by atomic mass is 10.4. The van der Waals surface area contributed by atoms with Gasteiger partial charge in [0.25, 0.3) is 0 Å². The van der Waals surface area contributed by atoms with E-state index in [0.29, 0.717) is 6.54 Å². The van der Waals surface area contributed by atoms with Crippen LogP contribution in [0.1, 0.15) is 30.6 Å². The molecule has 2 N–H and O–H groups in total. The van der Waals surface area contributed by atoms with Gasteiger partial charge in [0.1, 0.15) is 6.33 Å². The van der Waals surface area contributed by atoms with Crippen molar-refractivity contribution in [2.24, 2.45) is 0 Å². The molecule has 0 saturated carbocycles. The van der Waals surface area contributed by atoms with E-state index in [1.54, 1.807) is 17.7 Å². The Bertz CT molecular complexity index is 560. The number of hydrogen-bond donors (Lipinski definition) is 2. The number of nitrogens with zero attached hydrogens (tertiary/aromatic N) is 3. The highest BCUT2D eigenvalue weighted by atomic mass is 32.1. The molecule has 0 aliphatic carbocycles. The van der Waals surface area contributed by atoms with Crippen molar-refractivity contribution in [1.82, 2.24) is 20.1 Å². The molecular formula is C12H17N5OS. The van der Waals surface area contributed by atoms with Gasteiger partial charge in [-0.15, -0.1) is 21.5 Å². The molecule has 102 valence electrons. The van der Waals surface area contributed by atoms with E-state index >= 15 is 0 Å². The average molecular weight is 279 g/mol. The number of rotatable bonds is 4. The fraction of sp³-hybridized carbons (Fsp3) is 0.417. The molecule has 0 unspecified atom stereocenters. The van der Waals surface area contributed by atoms with Crippen LogP contribution in [0.25, 0.3) is 0 Å². The molecule has 0 saturated heterocycles. The van der Waals surface area contributed by atoms with Gasteiger partial charge in [0.05, 0.1) is 11.5 Å². The molecule has 2 aromatic rings. The van der Waals surface area contributed by atoms with E-state index in [1.165, 1.54) is 0 Å². The van der Waals surface area contributed by atoms with E-state index in [-0.39, 0.29) is 12.1 Å². The molecule has 2 rings (SSSR count). The van der Waals surface area contributed by atoms with Crippen molar-refractivity contribution in [1.29, 1.82) is 0 Å². The molecule has 0 spiro atoms. The summed E-state index contributed by atoms with van der Waals surface area (Å²) in [5.41, 5.74) is 0. The molecule has 6 nitrogen and oxygen atoms in total. The van der Waals surface area contributed by atoms with E-state index < -0.39 is 0 Å². The Kier molecular flexibility index (Phi) is 4.16. The fourth-order valence-electron chi connectivity index (χ4n) is 1.64. The first-order chi connectivity index (χ1) is 9.06. The van der Waals surface area contributed by atoms with E-state index in [1.807, 2.05) is 37.5 Å². The predicted octanol–water partition coefficient (Wildman–Crippen LogP) is 2.55. The number of nitrogens with one attached hydrogen (secondary N) is 2. The third kappa shape index (κ3) is 3.54. The summed E-state index contributed by atoms with van der Waals surface area (Å²) in [5, 5.41) is 14.2. The van der Waals surface area contributed by atoms with Crippen molar-refractivity contribution < 1.29 is 4.79 Å².